The van der Waals surface area contributed by atoms with E-state index < -0.39 is 0 Å². The maximum atomic E-state index is 4.02. The van der Waals surface area contributed by atoms with Crippen LogP contribution in [0.15, 0.2) is 60.7 Å². The van der Waals surface area contributed by atoms with Gasteiger partial charge in [0.2, 0.25) is 0 Å². The number of para-hydroxylation sites is 1. The van der Waals surface area contributed by atoms with Gasteiger partial charge in [-0.3, -0.25) is 0 Å². The van der Waals surface area contributed by atoms with Gasteiger partial charge in [0.05, 0.1) is 5.69 Å². The van der Waals surface area contributed by atoms with Crippen molar-refractivity contribution < 1.29 is 0 Å². The molecule has 4 heteroatoms. The minimum absolute atomic E-state index is 0.704. The van der Waals surface area contributed by atoms with Crippen molar-refractivity contribution in [2.24, 2.45) is 0 Å². The predicted octanol–water partition coefficient (Wildman–Crippen LogP) is 2.83. The molecule has 19 heavy (non-hydrogen) atoms. The van der Waals surface area contributed by atoms with Gasteiger partial charge in [0.1, 0.15) is 0 Å². The van der Waals surface area contributed by atoms with Crippen molar-refractivity contribution >= 4 is 12.2 Å². The van der Waals surface area contributed by atoms with Crippen LogP contribution in [0.5, 0.6) is 0 Å². The van der Waals surface area contributed by atoms with Crippen LogP contribution < -0.4 is 0 Å². The van der Waals surface area contributed by atoms with E-state index in [1.165, 1.54) is 0 Å². The molecule has 0 radical (unpaired) electrons. The standard InChI is InChI=1S/C15H12N4/c1-3-7-13(8-4-1)11-12-15-16-17-18-19(15)14-9-5-2-6-10-14/h1-12H/b12-11+. The second-order valence-electron chi connectivity index (χ2n) is 4.03. The monoisotopic (exact) mass is 248 g/mol. The molecule has 0 N–H and O–H groups in total. The maximum Gasteiger partial charge on any atom is 0.179 e. The normalized spacial score (nSPS) is 10.9. The van der Waals surface area contributed by atoms with Gasteiger partial charge in [-0.15, -0.1) is 5.10 Å². The highest BCUT2D eigenvalue weighted by molar-refractivity contribution is 5.67. The Morgan fingerprint density at radius 2 is 1.47 bits per heavy atom. The molecule has 92 valence electrons. The summed E-state index contributed by atoms with van der Waals surface area (Å²) in [5.74, 6) is 0.704. The molecular weight excluding hydrogens is 236 g/mol. The van der Waals surface area contributed by atoms with E-state index in [4.69, 9.17) is 0 Å². The van der Waals surface area contributed by atoms with Crippen LogP contribution in [0.4, 0.5) is 0 Å². The molecule has 2 aromatic carbocycles. The Hall–Kier alpha value is -2.75. The number of nitrogens with zero attached hydrogens (tertiary/aromatic N) is 4. The summed E-state index contributed by atoms with van der Waals surface area (Å²) in [6.45, 7) is 0. The number of tetrazole rings is 1. The molecule has 0 saturated heterocycles. The van der Waals surface area contributed by atoms with Gasteiger partial charge in [-0.05, 0) is 34.2 Å². The van der Waals surface area contributed by atoms with Crippen molar-refractivity contribution in [1.29, 1.82) is 0 Å². The molecule has 0 aliphatic heterocycles. The molecule has 0 unspecified atom stereocenters. The summed E-state index contributed by atoms with van der Waals surface area (Å²) in [6.07, 6.45) is 3.90. The van der Waals surface area contributed by atoms with Crippen molar-refractivity contribution in [3.63, 3.8) is 0 Å². The van der Waals surface area contributed by atoms with Crippen LogP contribution in [0.2, 0.25) is 0 Å². The van der Waals surface area contributed by atoms with Crippen molar-refractivity contribution in [2.45, 2.75) is 0 Å². The molecule has 0 spiro atoms. The fraction of sp³-hybridized carbons (Fsp3) is 0. The maximum absolute atomic E-state index is 4.02. The minimum atomic E-state index is 0.704. The van der Waals surface area contributed by atoms with E-state index in [2.05, 4.69) is 15.5 Å². The van der Waals surface area contributed by atoms with Crippen LogP contribution in [-0.4, -0.2) is 20.2 Å². The van der Waals surface area contributed by atoms with Crippen molar-refractivity contribution in [3.8, 4) is 5.69 Å². The van der Waals surface area contributed by atoms with Crippen LogP contribution in [0.25, 0.3) is 17.8 Å². The number of aromatic nitrogens is 4. The van der Waals surface area contributed by atoms with Crippen LogP contribution in [-0.2, 0) is 0 Å². The largest absolute Gasteiger partial charge is 0.193 e. The smallest absolute Gasteiger partial charge is 0.179 e. The average Bonchev–Trinajstić information content (AvgIpc) is 2.95. The van der Waals surface area contributed by atoms with E-state index in [9.17, 15) is 0 Å². The first-order valence-corrected chi connectivity index (χ1v) is 6.00. The summed E-state index contributed by atoms with van der Waals surface area (Å²) < 4.78 is 1.71. The van der Waals surface area contributed by atoms with Gasteiger partial charge >= 0.3 is 0 Å². The number of benzene rings is 2. The van der Waals surface area contributed by atoms with E-state index in [-0.39, 0.29) is 0 Å². The Bertz CT molecular complexity index is 672. The molecule has 0 amide bonds. The van der Waals surface area contributed by atoms with Gasteiger partial charge in [0.25, 0.3) is 0 Å². The third-order valence-electron chi connectivity index (χ3n) is 2.72. The lowest BCUT2D eigenvalue weighted by molar-refractivity contribution is 0.787. The van der Waals surface area contributed by atoms with Gasteiger partial charge < -0.3 is 0 Å². The zero-order valence-electron chi connectivity index (χ0n) is 10.2. The lowest BCUT2D eigenvalue weighted by Gasteiger charge is -2.00. The first-order valence-electron chi connectivity index (χ1n) is 6.00. The summed E-state index contributed by atoms with van der Waals surface area (Å²) in [5, 5.41) is 11.7. The molecule has 1 aromatic heterocycles. The molecule has 3 rings (SSSR count). The Morgan fingerprint density at radius 3 is 2.21 bits per heavy atom. The third kappa shape index (κ3) is 2.57. The van der Waals surface area contributed by atoms with E-state index in [1.807, 2.05) is 72.8 Å². The molecule has 3 aromatic rings. The fourth-order valence-electron chi connectivity index (χ4n) is 1.79. The molecule has 1 heterocycles. The first kappa shape index (κ1) is 11.3. The Labute approximate surface area is 111 Å². The summed E-state index contributed by atoms with van der Waals surface area (Å²) in [4.78, 5) is 0. The Kier molecular flexibility index (Phi) is 3.14. The van der Waals surface area contributed by atoms with Gasteiger partial charge in [-0.25, -0.2) is 0 Å². The van der Waals surface area contributed by atoms with Crippen molar-refractivity contribution in [2.75, 3.05) is 0 Å². The Morgan fingerprint density at radius 1 is 0.789 bits per heavy atom. The zero-order valence-corrected chi connectivity index (χ0v) is 10.2. The Balaban J connectivity index is 1.91. The lowest BCUT2D eigenvalue weighted by atomic mass is 10.2. The number of hydrogen-bond donors (Lipinski definition) is 0. The summed E-state index contributed by atoms with van der Waals surface area (Å²) in [7, 11) is 0. The average molecular weight is 248 g/mol. The van der Waals surface area contributed by atoms with Gasteiger partial charge in [-0.2, -0.15) is 4.68 Å². The second-order valence-corrected chi connectivity index (χ2v) is 4.03. The van der Waals surface area contributed by atoms with Gasteiger partial charge in [0, 0.05) is 0 Å². The van der Waals surface area contributed by atoms with E-state index in [0.29, 0.717) is 5.82 Å². The van der Waals surface area contributed by atoms with E-state index in [1.54, 1.807) is 4.68 Å². The molecule has 0 aliphatic rings. The fourth-order valence-corrected chi connectivity index (χ4v) is 1.79. The zero-order chi connectivity index (χ0) is 12.9. The van der Waals surface area contributed by atoms with Crippen molar-refractivity contribution in [3.05, 3.63) is 72.1 Å². The van der Waals surface area contributed by atoms with Gasteiger partial charge in [-0.1, -0.05) is 54.6 Å². The molecule has 0 bridgehead atoms. The number of hydrogen-bond acceptors (Lipinski definition) is 3. The highest BCUT2D eigenvalue weighted by Gasteiger charge is 2.03. The highest BCUT2D eigenvalue weighted by atomic mass is 15.5. The molecule has 0 atom stereocenters. The summed E-state index contributed by atoms with van der Waals surface area (Å²) >= 11 is 0. The SMILES string of the molecule is C(=C\c1nnnn1-c1ccccc1)/c1ccccc1. The molecule has 0 aliphatic carbocycles. The van der Waals surface area contributed by atoms with E-state index in [0.717, 1.165) is 11.3 Å². The van der Waals surface area contributed by atoms with Crippen molar-refractivity contribution in [1.82, 2.24) is 20.2 Å². The van der Waals surface area contributed by atoms with Crippen LogP contribution in [0.3, 0.4) is 0 Å². The number of rotatable bonds is 3. The molecule has 0 fully saturated rings. The topological polar surface area (TPSA) is 43.6 Å². The van der Waals surface area contributed by atoms with Crippen LogP contribution >= 0.6 is 0 Å². The summed E-state index contributed by atoms with van der Waals surface area (Å²) in [5.41, 5.74) is 2.06. The van der Waals surface area contributed by atoms with E-state index >= 15 is 0 Å². The summed E-state index contributed by atoms with van der Waals surface area (Å²) in [6, 6.07) is 19.9. The highest BCUT2D eigenvalue weighted by Crippen LogP contribution is 2.10. The van der Waals surface area contributed by atoms with Gasteiger partial charge in [0.15, 0.2) is 5.82 Å². The second kappa shape index (κ2) is 5.27. The predicted molar refractivity (Wildman–Crippen MR) is 74.5 cm³/mol. The molecular formula is C15H12N4. The van der Waals surface area contributed by atoms with Crippen LogP contribution in [0.1, 0.15) is 11.4 Å². The first-order chi connectivity index (χ1) is 9.43. The third-order valence-corrected chi connectivity index (χ3v) is 2.72. The minimum Gasteiger partial charge on any atom is -0.193 e. The van der Waals surface area contributed by atoms with Crippen LogP contribution in [0, 0.1) is 0 Å². The molecule has 0 saturated carbocycles. The molecule has 4 nitrogen and oxygen atoms in total. The lowest BCUT2D eigenvalue weighted by Crippen LogP contribution is -1.98. The quantitative estimate of drug-likeness (QED) is 0.715.